The standard InChI is InChI=1S/C17H15ClF3NOS/c18-12-7-9-13(10-8-12)24-11-3-6-16(23)22-15-5-2-1-4-14(15)17(19,20)21/h1-2,4-5,7-10H,3,6,11H2,(H,22,23). The summed E-state index contributed by atoms with van der Waals surface area (Å²) < 4.78 is 38.6. The van der Waals surface area contributed by atoms with Crippen molar-refractivity contribution < 1.29 is 18.0 Å². The molecule has 7 heteroatoms. The Balaban J connectivity index is 1.81. The first-order valence-corrected chi connectivity index (χ1v) is 8.57. The molecular formula is C17H15ClF3NOS. The molecule has 0 bridgehead atoms. The number of hydrogen-bond acceptors (Lipinski definition) is 2. The van der Waals surface area contributed by atoms with Gasteiger partial charge in [-0.1, -0.05) is 23.7 Å². The molecule has 0 saturated carbocycles. The van der Waals surface area contributed by atoms with Crippen molar-refractivity contribution in [1.29, 1.82) is 0 Å². The van der Waals surface area contributed by atoms with E-state index in [0.717, 1.165) is 11.0 Å². The van der Waals surface area contributed by atoms with Gasteiger partial charge in [0.25, 0.3) is 0 Å². The fraction of sp³-hybridized carbons (Fsp3) is 0.235. The lowest BCUT2D eigenvalue weighted by Crippen LogP contribution is -2.16. The van der Waals surface area contributed by atoms with Gasteiger partial charge in [-0.25, -0.2) is 0 Å². The number of carbonyl (C=O) groups excluding carboxylic acids is 1. The molecule has 2 nitrogen and oxygen atoms in total. The van der Waals surface area contributed by atoms with Crippen LogP contribution in [0.25, 0.3) is 0 Å². The molecule has 1 amide bonds. The zero-order chi connectivity index (χ0) is 17.6. The molecule has 2 aromatic rings. The lowest BCUT2D eigenvalue weighted by atomic mass is 10.1. The molecule has 0 aromatic heterocycles. The first kappa shape index (κ1) is 18.7. The summed E-state index contributed by atoms with van der Waals surface area (Å²) in [6.07, 6.45) is -3.77. The van der Waals surface area contributed by atoms with Crippen LogP contribution in [-0.4, -0.2) is 11.7 Å². The van der Waals surface area contributed by atoms with Crippen LogP contribution in [0.1, 0.15) is 18.4 Å². The molecule has 128 valence electrons. The summed E-state index contributed by atoms with van der Waals surface area (Å²) in [5, 5.41) is 2.99. The minimum Gasteiger partial charge on any atom is -0.326 e. The fourth-order valence-electron chi connectivity index (χ4n) is 2.01. The van der Waals surface area contributed by atoms with Gasteiger partial charge in [0.05, 0.1) is 11.3 Å². The van der Waals surface area contributed by atoms with E-state index in [1.54, 1.807) is 23.9 Å². The first-order valence-electron chi connectivity index (χ1n) is 7.21. The molecule has 0 aliphatic carbocycles. The average Bonchev–Trinajstić information content (AvgIpc) is 2.53. The lowest BCUT2D eigenvalue weighted by Gasteiger charge is -2.13. The number of rotatable bonds is 6. The monoisotopic (exact) mass is 373 g/mol. The van der Waals surface area contributed by atoms with E-state index in [2.05, 4.69) is 5.32 Å². The van der Waals surface area contributed by atoms with E-state index in [9.17, 15) is 18.0 Å². The molecule has 0 atom stereocenters. The highest BCUT2D eigenvalue weighted by atomic mass is 35.5. The number of hydrogen-bond donors (Lipinski definition) is 1. The minimum absolute atomic E-state index is 0.160. The van der Waals surface area contributed by atoms with Crippen LogP contribution in [0.5, 0.6) is 0 Å². The van der Waals surface area contributed by atoms with Crippen LogP contribution in [0.4, 0.5) is 18.9 Å². The maximum Gasteiger partial charge on any atom is 0.418 e. The SMILES string of the molecule is O=C(CCCSc1ccc(Cl)cc1)Nc1ccccc1C(F)(F)F. The van der Waals surface area contributed by atoms with Crippen molar-refractivity contribution >= 4 is 35.0 Å². The van der Waals surface area contributed by atoms with Gasteiger partial charge in [0.2, 0.25) is 5.91 Å². The predicted octanol–water partition coefficient (Wildman–Crippen LogP) is 5.87. The Morgan fingerprint density at radius 3 is 2.42 bits per heavy atom. The molecule has 0 heterocycles. The number of carbonyl (C=O) groups is 1. The summed E-state index contributed by atoms with van der Waals surface area (Å²) in [7, 11) is 0. The Bertz CT molecular complexity index is 689. The quantitative estimate of drug-likeness (QED) is 0.506. The van der Waals surface area contributed by atoms with Gasteiger partial charge >= 0.3 is 6.18 Å². The van der Waals surface area contributed by atoms with Gasteiger partial charge < -0.3 is 5.32 Å². The number of halogens is 4. The molecule has 0 fully saturated rings. The normalized spacial score (nSPS) is 11.3. The lowest BCUT2D eigenvalue weighted by molar-refractivity contribution is -0.137. The summed E-state index contributed by atoms with van der Waals surface area (Å²) in [6.45, 7) is 0. The Kier molecular flexibility index (Phi) is 6.57. The van der Waals surface area contributed by atoms with E-state index in [1.807, 2.05) is 12.1 Å². The number of benzene rings is 2. The number of para-hydroxylation sites is 1. The van der Waals surface area contributed by atoms with Crippen molar-refractivity contribution in [1.82, 2.24) is 0 Å². The number of alkyl halides is 3. The molecular weight excluding hydrogens is 359 g/mol. The Morgan fingerprint density at radius 2 is 1.75 bits per heavy atom. The fourth-order valence-corrected chi connectivity index (χ4v) is 2.98. The molecule has 2 aromatic carbocycles. The number of nitrogens with one attached hydrogen (secondary N) is 1. The van der Waals surface area contributed by atoms with E-state index >= 15 is 0 Å². The van der Waals surface area contributed by atoms with E-state index in [0.29, 0.717) is 17.2 Å². The van der Waals surface area contributed by atoms with Gasteiger partial charge in [0.15, 0.2) is 0 Å². The van der Waals surface area contributed by atoms with Gasteiger partial charge in [-0.2, -0.15) is 13.2 Å². The summed E-state index contributed by atoms with van der Waals surface area (Å²) in [6, 6.07) is 12.3. The molecule has 0 saturated heterocycles. The van der Waals surface area contributed by atoms with Gasteiger partial charge in [-0.15, -0.1) is 11.8 Å². The topological polar surface area (TPSA) is 29.1 Å². The van der Waals surface area contributed by atoms with Crippen LogP contribution in [-0.2, 0) is 11.0 Å². The van der Waals surface area contributed by atoms with Gasteiger partial charge in [0, 0.05) is 16.3 Å². The predicted molar refractivity (Wildman–Crippen MR) is 91.5 cm³/mol. The van der Waals surface area contributed by atoms with Crippen molar-refractivity contribution in [2.24, 2.45) is 0 Å². The Hall–Kier alpha value is -1.66. The van der Waals surface area contributed by atoms with Crippen LogP contribution in [0.3, 0.4) is 0 Å². The minimum atomic E-state index is -4.49. The summed E-state index contributed by atoms with van der Waals surface area (Å²) in [5.41, 5.74) is -1.05. The van der Waals surface area contributed by atoms with E-state index in [-0.39, 0.29) is 12.1 Å². The third-order valence-corrected chi connectivity index (χ3v) is 4.49. The largest absolute Gasteiger partial charge is 0.418 e. The molecule has 0 spiro atoms. The van der Waals surface area contributed by atoms with Crippen molar-refractivity contribution in [3.05, 3.63) is 59.1 Å². The highest BCUT2D eigenvalue weighted by Crippen LogP contribution is 2.34. The zero-order valence-corrected chi connectivity index (χ0v) is 14.1. The van der Waals surface area contributed by atoms with Gasteiger partial charge in [-0.05, 0) is 48.6 Å². The van der Waals surface area contributed by atoms with E-state index in [1.165, 1.54) is 18.2 Å². The second-order valence-corrected chi connectivity index (χ2v) is 6.60. The highest BCUT2D eigenvalue weighted by molar-refractivity contribution is 7.99. The van der Waals surface area contributed by atoms with Crippen LogP contribution in [0.2, 0.25) is 5.02 Å². The molecule has 0 aliphatic rings. The smallest absolute Gasteiger partial charge is 0.326 e. The number of amides is 1. The Labute approximate surface area is 147 Å². The molecule has 24 heavy (non-hydrogen) atoms. The van der Waals surface area contributed by atoms with Crippen molar-refractivity contribution in [3.8, 4) is 0 Å². The number of thioether (sulfide) groups is 1. The summed E-state index contributed by atoms with van der Waals surface area (Å²) in [4.78, 5) is 12.9. The van der Waals surface area contributed by atoms with Gasteiger partial charge in [0.1, 0.15) is 0 Å². The molecule has 2 rings (SSSR count). The first-order chi connectivity index (χ1) is 11.4. The third kappa shape index (κ3) is 5.76. The van der Waals surface area contributed by atoms with Crippen LogP contribution in [0, 0.1) is 0 Å². The summed E-state index contributed by atoms with van der Waals surface area (Å²) >= 11 is 7.36. The molecule has 0 aliphatic heterocycles. The van der Waals surface area contributed by atoms with Crippen molar-refractivity contribution in [2.45, 2.75) is 23.9 Å². The van der Waals surface area contributed by atoms with Crippen molar-refractivity contribution in [3.63, 3.8) is 0 Å². The molecule has 0 radical (unpaired) electrons. The van der Waals surface area contributed by atoms with E-state index < -0.39 is 17.6 Å². The second-order valence-electron chi connectivity index (χ2n) is 5.00. The second kappa shape index (κ2) is 8.44. The Morgan fingerprint density at radius 1 is 1.08 bits per heavy atom. The van der Waals surface area contributed by atoms with Crippen LogP contribution < -0.4 is 5.32 Å². The third-order valence-electron chi connectivity index (χ3n) is 3.14. The summed E-state index contributed by atoms with van der Waals surface area (Å²) in [5.74, 6) is 0.263. The molecule has 0 unspecified atom stereocenters. The number of anilines is 1. The van der Waals surface area contributed by atoms with Crippen LogP contribution >= 0.6 is 23.4 Å². The van der Waals surface area contributed by atoms with Gasteiger partial charge in [-0.3, -0.25) is 4.79 Å². The van der Waals surface area contributed by atoms with E-state index in [4.69, 9.17) is 11.6 Å². The average molecular weight is 374 g/mol. The highest BCUT2D eigenvalue weighted by Gasteiger charge is 2.33. The maximum atomic E-state index is 12.9. The van der Waals surface area contributed by atoms with Crippen molar-refractivity contribution in [2.75, 3.05) is 11.1 Å². The zero-order valence-electron chi connectivity index (χ0n) is 12.6. The maximum absolute atomic E-state index is 12.9. The molecule has 1 N–H and O–H groups in total. The van der Waals surface area contributed by atoms with Crippen LogP contribution in [0.15, 0.2) is 53.4 Å².